The molecule has 1 aromatic heterocycles. The maximum Gasteiger partial charge on any atom is 0.243 e. The molecule has 1 unspecified atom stereocenters. The number of aliphatic imine (C=N–C) groups is 1. The highest BCUT2D eigenvalue weighted by Crippen LogP contribution is 2.21. The van der Waals surface area contributed by atoms with Crippen molar-refractivity contribution in [3.63, 3.8) is 0 Å². The maximum atomic E-state index is 11.8. The van der Waals surface area contributed by atoms with Crippen molar-refractivity contribution in [2.75, 3.05) is 33.7 Å². The predicted molar refractivity (Wildman–Crippen MR) is 111 cm³/mol. The molecule has 1 atom stereocenters. The highest BCUT2D eigenvalue weighted by Gasteiger charge is 2.08. The Kier molecular flexibility index (Phi) is 8.77. The number of carbonyl (C=O) groups is 1. The van der Waals surface area contributed by atoms with Crippen molar-refractivity contribution in [3.05, 3.63) is 54.5 Å². The Morgan fingerprint density at radius 3 is 2.63 bits per heavy atom. The number of benzene rings is 1. The third-order valence-corrected chi connectivity index (χ3v) is 4.87. The zero-order chi connectivity index (χ0) is 19.5. The number of carbonyl (C=O) groups excluding carboxylic acids is 1. The van der Waals surface area contributed by atoms with E-state index >= 15 is 0 Å². The van der Waals surface area contributed by atoms with E-state index in [0.717, 1.165) is 18.7 Å². The Labute approximate surface area is 165 Å². The molecule has 0 aliphatic rings. The second-order valence-electron chi connectivity index (χ2n) is 6.33. The van der Waals surface area contributed by atoms with Gasteiger partial charge in [0, 0.05) is 43.8 Å². The van der Waals surface area contributed by atoms with Crippen molar-refractivity contribution in [2.45, 2.75) is 23.5 Å². The second-order valence-corrected chi connectivity index (χ2v) is 7.84. The van der Waals surface area contributed by atoms with E-state index < -0.39 is 0 Å². The fourth-order valence-corrected chi connectivity index (χ4v) is 3.18. The fourth-order valence-electron chi connectivity index (χ4n) is 2.23. The van der Waals surface area contributed by atoms with Crippen LogP contribution in [-0.4, -0.2) is 55.7 Å². The summed E-state index contributed by atoms with van der Waals surface area (Å²) in [5.41, 5.74) is 0. The smallest absolute Gasteiger partial charge is 0.243 e. The molecule has 0 saturated heterocycles. The summed E-state index contributed by atoms with van der Waals surface area (Å²) in [4.78, 5) is 19.0. The monoisotopic (exact) mass is 388 g/mol. The molecule has 2 rings (SSSR count). The van der Waals surface area contributed by atoms with Crippen LogP contribution in [0.25, 0.3) is 0 Å². The molecule has 1 amide bonds. The third kappa shape index (κ3) is 8.21. The molecular formula is C20H28N4O2S. The summed E-state index contributed by atoms with van der Waals surface area (Å²) >= 11 is 1.80. The molecule has 1 aromatic carbocycles. The topological polar surface area (TPSA) is 69.9 Å². The Balaban J connectivity index is 1.85. The number of likely N-dealkylation sites (N-methyl/N-ethyl adjacent to an activating group) is 1. The molecule has 1 heterocycles. The van der Waals surface area contributed by atoms with E-state index in [1.54, 1.807) is 32.1 Å². The second kappa shape index (κ2) is 11.3. The number of amides is 1. The molecular weight excluding hydrogens is 360 g/mol. The van der Waals surface area contributed by atoms with E-state index in [-0.39, 0.29) is 12.5 Å². The first-order valence-corrected chi connectivity index (χ1v) is 9.89. The lowest BCUT2D eigenvalue weighted by Crippen LogP contribution is -2.41. The van der Waals surface area contributed by atoms with Crippen molar-refractivity contribution in [1.29, 1.82) is 0 Å². The summed E-state index contributed by atoms with van der Waals surface area (Å²) in [6.45, 7) is 3.69. The van der Waals surface area contributed by atoms with Gasteiger partial charge in [-0.15, -0.1) is 11.8 Å². The van der Waals surface area contributed by atoms with Gasteiger partial charge in [0.15, 0.2) is 5.96 Å². The first-order chi connectivity index (χ1) is 13.0. The standard InChI is InChI=1S/C20H28N4O2S/c1-16(27-18-9-5-4-6-10-18)14-22-20(23-15-19(25)24(2)3)21-12-11-17-8-7-13-26-17/h4-10,13,16H,11-12,14-15H2,1-3H3,(H2,21,22,23). The van der Waals surface area contributed by atoms with Crippen LogP contribution >= 0.6 is 11.8 Å². The van der Waals surface area contributed by atoms with Gasteiger partial charge in [0.2, 0.25) is 5.91 Å². The normalized spacial score (nSPS) is 12.5. The highest BCUT2D eigenvalue weighted by atomic mass is 32.2. The van der Waals surface area contributed by atoms with Gasteiger partial charge in [0.1, 0.15) is 12.3 Å². The zero-order valence-electron chi connectivity index (χ0n) is 16.1. The summed E-state index contributed by atoms with van der Waals surface area (Å²) < 4.78 is 5.35. The summed E-state index contributed by atoms with van der Waals surface area (Å²) in [5, 5.41) is 6.96. The van der Waals surface area contributed by atoms with Crippen LogP contribution in [0.15, 0.2) is 63.0 Å². The van der Waals surface area contributed by atoms with Gasteiger partial charge in [-0.2, -0.15) is 0 Å². The van der Waals surface area contributed by atoms with Crippen LogP contribution in [0.4, 0.5) is 0 Å². The van der Waals surface area contributed by atoms with Crippen molar-refractivity contribution < 1.29 is 9.21 Å². The molecule has 6 nitrogen and oxygen atoms in total. The average molecular weight is 389 g/mol. The van der Waals surface area contributed by atoms with Gasteiger partial charge in [0.25, 0.3) is 0 Å². The Morgan fingerprint density at radius 1 is 1.19 bits per heavy atom. The fraction of sp³-hybridized carbons (Fsp3) is 0.400. The van der Waals surface area contributed by atoms with Crippen molar-refractivity contribution in [1.82, 2.24) is 15.5 Å². The summed E-state index contributed by atoms with van der Waals surface area (Å²) in [7, 11) is 3.46. The van der Waals surface area contributed by atoms with Gasteiger partial charge >= 0.3 is 0 Å². The van der Waals surface area contributed by atoms with E-state index in [0.29, 0.717) is 17.8 Å². The predicted octanol–water partition coefficient (Wildman–Crippen LogP) is 2.63. The van der Waals surface area contributed by atoms with E-state index in [1.807, 2.05) is 30.3 Å². The van der Waals surface area contributed by atoms with Gasteiger partial charge < -0.3 is 20.0 Å². The Hall–Kier alpha value is -2.41. The molecule has 2 aromatic rings. The van der Waals surface area contributed by atoms with E-state index in [9.17, 15) is 4.79 Å². The van der Waals surface area contributed by atoms with Gasteiger partial charge in [-0.1, -0.05) is 25.1 Å². The molecule has 7 heteroatoms. The molecule has 0 spiro atoms. The molecule has 27 heavy (non-hydrogen) atoms. The van der Waals surface area contributed by atoms with Crippen LogP contribution in [0, 0.1) is 0 Å². The Bertz CT molecular complexity index is 702. The average Bonchev–Trinajstić information content (AvgIpc) is 3.17. The molecule has 0 saturated carbocycles. The van der Waals surface area contributed by atoms with Gasteiger partial charge in [-0.25, -0.2) is 4.99 Å². The summed E-state index contributed by atoms with van der Waals surface area (Å²) in [6, 6.07) is 14.1. The van der Waals surface area contributed by atoms with Crippen molar-refractivity contribution in [3.8, 4) is 0 Å². The number of rotatable bonds is 9. The Morgan fingerprint density at radius 2 is 1.96 bits per heavy atom. The van der Waals surface area contributed by atoms with Crippen LogP contribution in [0.1, 0.15) is 12.7 Å². The van der Waals surface area contributed by atoms with Gasteiger partial charge in [-0.05, 0) is 24.3 Å². The molecule has 0 bridgehead atoms. The van der Waals surface area contributed by atoms with Crippen LogP contribution in [-0.2, 0) is 11.2 Å². The van der Waals surface area contributed by atoms with Gasteiger partial charge in [-0.3, -0.25) is 4.79 Å². The molecule has 0 fully saturated rings. The van der Waals surface area contributed by atoms with Crippen molar-refractivity contribution in [2.24, 2.45) is 4.99 Å². The molecule has 0 aliphatic carbocycles. The number of furan rings is 1. The summed E-state index contributed by atoms with van der Waals surface area (Å²) in [5.74, 6) is 1.52. The van der Waals surface area contributed by atoms with Crippen LogP contribution in [0.3, 0.4) is 0 Å². The zero-order valence-corrected chi connectivity index (χ0v) is 17.0. The molecule has 0 aliphatic heterocycles. The molecule has 0 radical (unpaired) electrons. The quantitative estimate of drug-likeness (QED) is 0.393. The lowest BCUT2D eigenvalue weighted by atomic mass is 10.3. The first-order valence-electron chi connectivity index (χ1n) is 9.01. The molecule has 2 N–H and O–H groups in total. The van der Waals surface area contributed by atoms with Crippen LogP contribution < -0.4 is 10.6 Å². The highest BCUT2D eigenvalue weighted by molar-refractivity contribution is 8.00. The SMILES string of the molecule is CC(CNC(=NCC(=O)N(C)C)NCCc1ccco1)Sc1ccccc1. The number of nitrogens with one attached hydrogen (secondary N) is 2. The number of thioether (sulfide) groups is 1. The molecule has 146 valence electrons. The van der Waals surface area contributed by atoms with E-state index in [2.05, 4.69) is 34.7 Å². The maximum absolute atomic E-state index is 11.8. The van der Waals surface area contributed by atoms with Crippen LogP contribution in [0.5, 0.6) is 0 Å². The van der Waals surface area contributed by atoms with E-state index in [4.69, 9.17) is 4.42 Å². The first kappa shape index (κ1) is 20.9. The van der Waals surface area contributed by atoms with E-state index in [1.165, 1.54) is 9.80 Å². The number of hydrogen-bond acceptors (Lipinski definition) is 4. The number of guanidine groups is 1. The lowest BCUT2D eigenvalue weighted by Gasteiger charge is -2.16. The minimum atomic E-state index is -0.0335. The minimum absolute atomic E-state index is 0.0335. The van der Waals surface area contributed by atoms with Gasteiger partial charge in [0.05, 0.1) is 6.26 Å². The van der Waals surface area contributed by atoms with Crippen LogP contribution in [0.2, 0.25) is 0 Å². The number of hydrogen-bond donors (Lipinski definition) is 2. The lowest BCUT2D eigenvalue weighted by molar-refractivity contribution is -0.127. The minimum Gasteiger partial charge on any atom is -0.469 e. The van der Waals surface area contributed by atoms with Crippen molar-refractivity contribution >= 4 is 23.6 Å². The number of nitrogens with zero attached hydrogens (tertiary/aromatic N) is 2. The largest absolute Gasteiger partial charge is 0.469 e. The summed E-state index contributed by atoms with van der Waals surface area (Å²) in [6.07, 6.45) is 2.42. The third-order valence-electron chi connectivity index (χ3n) is 3.75.